The van der Waals surface area contributed by atoms with Crippen LogP contribution in [0.25, 0.3) is 0 Å². The van der Waals surface area contributed by atoms with Crippen LogP contribution in [0.5, 0.6) is 0 Å². The van der Waals surface area contributed by atoms with Crippen molar-refractivity contribution in [1.29, 1.82) is 0 Å². The fraction of sp³-hybridized carbons (Fsp3) is 0.619. The minimum Gasteiger partial charge on any atom is -0.337 e. The number of hydrogen-bond acceptors (Lipinski definition) is 3. The molecule has 1 fully saturated rings. The number of aryl methyl sites for hydroxylation is 1. The molecule has 26 heavy (non-hydrogen) atoms. The van der Waals surface area contributed by atoms with Crippen molar-refractivity contribution in [3.63, 3.8) is 0 Å². The molecule has 1 aliphatic carbocycles. The summed E-state index contributed by atoms with van der Waals surface area (Å²) in [4.78, 5) is 17.5. The lowest BCUT2D eigenvalue weighted by molar-refractivity contribution is 0.0715. The van der Waals surface area contributed by atoms with Crippen molar-refractivity contribution in [3.8, 4) is 0 Å². The molecule has 0 saturated carbocycles. The molecule has 1 atom stereocenters. The van der Waals surface area contributed by atoms with Crippen molar-refractivity contribution in [2.45, 2.75) is 58.0 Å². The standard InChI is InChI=1S/C21H32N4O/c1-4-12-23(13-5-2)17-10-11-19-18(16-17)20(22-25(19)6-3)21(26)24-14-8-7-9-15-24/h4-5,17H,1-2,6-16H2,3H3. The molecule has 1 saturated heterocycles. The molecule has 0 aromatic carbocycles. The van der Waals surface area contributed by atoms with E-state index in [0.717, 1.165) is 64.8 Å². The molecule has 0 spiro atoms. The third kappa shape index (κ3) is 3.78. The Balaban J connectivity index is 1.87. The molecule has 1 aromatic heterocycles. The highest BCUT2D eigenvalue weighted by atomic mass is 16.2. The van der Waals surface area contributed by atoms with Crippen LogP contribution < -0.4 is 0 Å². The summed E-state index contributed by atoms with van der Waals surface area (Å²) in [7, 11) is 0. The number of rotatable bonds is 7. The molecule has 142 valence electrons. The smallest absolute Gasteiger partial charge is 0.274 e. The fourth-order valence-corrected chi connectivity index (χ4v) is 4.37. The Morgan fingerprint density at radius 3 is 2.54 bits per heavy atom. The van der Waals surface area contributed by atoms with Gasteiger partial charge in [-0.25, -0.2) is 0 Å². The highest BCUT2D eigenvalue weighted by molar-refractivity contribution is 5.94. The average molecular weight is 357 g/mol. The summed E-state index contributed by atoms with van der Waals surface area (Å²) in [6.45, 7) is 14.2. The molecule has 5 nitrogen and oxygen atoms in total. The van der Waals surface area contributed by atoms with E-state index in [1.807, 2.05) is 21.7 Å². The maximum atomic E-state index is 13.1. The van der Waals surface area contributed by atoms with Crippen LogP contribution in [-0.4, -0.2) is 57.7 Å². The van der Waals surface area contributed by atoms with Gasteiger partial charge in [0, 0.05) is 50.0 Å². The Morgan fingerprint density at radius 2 is 1.92 bits per heavy atom. The number of piperidine rings is 1. The Kier molecular flexibility index (Phi) is 6.30. The molecule has 2 aliphatic rings. The van der Waals surface area contributed by atoms with Gasteiger partial charge < -0.3 is 4.90 Å². The van der Waals surface area contributed by atoms with Crippen LogP contribution in [-0.2, 0) is 19.4 Å². The van der Waals surface area contributed by atoms with Gasteiger partial charge in [-0.1, -0.05) is 12.2 Å². The summed E-state index contributed by atoms with van der Waals surface area (Å²) in [5.41, 5.74) is 3.14. The molecular weight excluding hydrogens is 324 g/mol. The molecule has 1 aromatic rings. The SMILES string of the molecule is C=CCN(CC=C)C1CCc2c(c(C(=O)N3CCCCC3)nn2CC)C1. The number of aromatic nitrogens is 2. The third-order valence-corrected chi connectivity index (χ3v) is 5.71. The van der Waals surface area contributed by atoms with Crippen molar-refractivity contribution in [3.05, 3.63) is 42.3 Å². The average Bonchev–Trinajstić information content (AvgIpc) is 3.06. The Hall–Kier alpha value is -1.88. The largest absolute Gasteiger partial charge is 0.337 e. The van der Waals surface area contributed by atoms with E-state index in [1.165, 1.54) is 17.7 Å². The number of fused-ring (bicyclic) bond motifs is 1. The fourth-order valence-electron chi connectivity index (χ4n) is 4.37. The maximum absolute atomic E-state index is 13.1. The van der Waals surface area contributed by atoms with Crippen LogP contribution in [0.4, 0.5) is 0 Å². The predicted octanol–water partition coefficient (Wildman–Crippen LogP) is 3.06. The molecule has 0 N–H and O–H groups in total. The van der Waals surface area contributed by atoms with Gasteiger partial charge in [0.25, 0.3) is 5.91 Å². The van der Waals surface area contributed by atoms with E-state index in [2.05, 4.69) is 25.0 Å². The van der Waals surface area contributed by atoms with Crippen molar-refractivity contribution < 1.29 is 4.79 Å². The first-order chi connectivity index (χ1) is 12.7. The lowest BCUT2D eigenvalue weighted by Gasteiger charge is -2.33. The maximum Gasteiger partial charge on any atom is 0.274 e. The van der Waals surface area contributed by atoms with Gasteiger partial charge in [-0.3, -0.25) is 14.4 Å². The number of amides is 1. The van der Waals surface area contributed by atoms with Crippen LogP contribution in [0.3, 0.4) is 0 Å². The van der Waals surface area contributed by atoms with Gasteiger partial charge >= 0.3 is 0 Å². The molecule has 5 heteroatoms. The second kappa shape index (κ2) is 8.67. The Bertz CT molecular complexity index is 647. The topological polar surface area (TPSA) is 41.4 Å². The second-order valence-corrected chi connectivity index (χ2v) is 7.37. The monoisotopic (exact) mass is 356 g/mol. The second-order valence-electron chi connectivity index (χ2n) is 7.37. The van der Waals surface area contributed by atoms with E-state index in [0.29, 0.717) is 11.7 Å². The van der Waals surface area contributed by atoms with Crippen molar-refractivity contribution >= 4 is 5.91 Å². The molecule has 1 aliphatic heterocycles. The van der Waals surface area contributed by atoms with E-state index < -0.39 is 0 Å². The van der Waals surface area contributed by atoms with Gasteiger partial charge in [-0.2, -0.15) is 5.10 Å². The van der Waals surface area contributed by atoms with E-state index in [4.69, 9.17) is 5.10 Å². The van der Waals surface area contributed by atoms with E-state index in [1.54, 1.807) is 0 Å². The van der Waals surface area contributed by atoms with Crippen LogP contribution in [0.15, 0.2) is 25.3 Å². The summed E-state index contributed by atoms with van der Waals surface area (Å²) >= 11 is 0. The summed E-state index contributed by atoms with van der Waals surface area (Å²) in [5.74, 6) is 0.132. The minimum atomic E-state index is 0.132. The van der Waals surface area contributed by atoms with Crippen molar-refractivity contribution in [2.75, 3.05) is 26.2 Å². The lowest BCUT2D eigenvalue weighted by atomic mass is 9.89. The van der Waals surface area contributed by atoms with Gasteiger partial charge in [0.05, 0.1) is 0 Å². The molecule has 1 amide bonds. The summed E-state index contributed by atoms with van der Waals surface area (Å²) < 4.78 is 2.05. The third-order valence-electron chi connectivity index (χ3n) is 5.71. The minimum absolute atomic E-state index is 0.132. The number of carbonyl (C=O) groups excluding carboxylic acids is 1. The zero-order valence-corrected chi connectivity index (χ0v) is 16.1. The molecule has 3 rings (SSSR count). The Labute approximate surface area is 157 Å². The van der Waals surface area contributed by atoms with Gasteiger partial charge in [-0.15, -0.1) is 13.2 Å². The highest BCUT2D eigenvalue weighted by Crippen LogP contribution is 2.29. The first kappa shape index (κ1) is 18.9. The van der Waals surface area contributed by atoms with E-state index in [9.17, 15) is 4.79 Å². The van der Waals surface area contributed by atoms with Crippen LogP contribution in [0, 0.1) is 0 Å². The van der Waals surface area contributed by atoms with Crippen molar-refractivity contribution in [2.24, 2.45) is 0 Å². The van der Waals surface area contributed by atoms with Gasteiger partial charge in [0.15, 0.2) is 5.69 Å². The predicted molar refractivity (Wildman–Crippen MR) is 105 cm³/mol. The molecule has 0 radical (unpaired) electrons. The normalized spacial score (nSPS) is 20.1. The molecular formula is C21H32N4O. The summed E-state index contributed by atoms with van der Waals surface area (Å²) in [6.07, 6.45) is 10.3. The molecule has 0 bridgehead atoms. The number of likely N-dealkylation sites (tertiary alicyclic amines) is 1. The number of hydrogen-bond donors (Lipinski definition) is 0. The van der Waals surface area contributed by atoms with Gasteiger partial charge in [-0.05, 0) is 45.4 Å². The number of carbonyl (C=O) groups is 1. The first-order valence-corrected chi connectivity index (χ1v) is 10.0. The summed E-state index contributed by atoms with van der Waals surface area (Å²) in [6, 6.07) is 0.418. The van der Waals surface area contributed by atoms with Crippen LogP contribution >= 0.6 is 0 Å². The van der Waals surface area contributed by atoms with Gasteiger partial charge in [0.1, 0.15) is 0 Å². The Morgan fingerprint density at radius 1 is 1.23 bits per heavy atom. The molecule has 1 unspecified atom stereocenters. The van der Waals surface area contributed by atoms with E-state index >= 15 is 0 Å². The zero-order chi connectivity index (χ0) is 18.5. The molecule has 2 heterocycles. The van der Waals surface area contributed by atoms with Crippen LogP contribution in [0.1, 0.15) is 54.4 Å². The van der Waals surface area contributed by atoms with E-state index in [-0.39, 0.29) is 5.91 Å². The zero-order valence-electron chi connectivity index (χ0n) is 16.1. The lowest BCUT2D eigenvalue weighted by Crippen LogP contribution is -2.41. The van der Waals surface area contributed by atoms with Gasteiger partial charge in [0.2, 0.25) is 0 Å². The van der Waals surface area contributed by atoms with Crippen molar-refractivity contribution in [1.82, 2.24) is 19.6 Å². The number of nitrogens with zero attached hydrogens (tertiary/aromatic N) is 4. The summed E-state index contributed by atoms with van der Waals surface area (Å²) in [5, 5.41) is 4.74. The highest BCUT2D eigenvalue weighted by Gasteiger charge is 2.32. The first-order valence-electron chi connectivity index (χ1n) is 10.0. The van der Waals surface area contributed by atoms with Crippen LogP contribution in [0.2, 0.25) is 0 Å². The quantitative estimate of drug-likeness (QED) is 0.705.